The van der Waals surface area contributed by atoms with E-state index in [-0.39, 0.29) is 17.0 Å². The quantitative estimate of drug-likeness (QED) is 0.891. The van der Waals surface area contributed by atoms with Gasteiger partial charge in [0.1, 0.15) is 11.6 Å². The van der Waals surface area contributed by atoms with E-state index in [0.29, 0.717) is 0 Å². The van der Waals surface area contributed by atoms with Crippen molar-refractivity contribution in [3.8, 4) is 0 Å². The molecule has 0 saturated heterocycles. The molecule has 1 aromatic carbocycles. The Kier molecular flexibility index (Phi) is 3.53. The van der Waals surface area contributed by atoms with Gasteiger partial charge < -0.3 is 5.11 Å². The number of aliphatic carboxylic acids is 1. The first kappa shape index (κ1) is 12.9. The van der Waals surface area contributed by atoms with Gasteiger partial charge in [-0.15, -0.1) is 0 Å². The number of halogens is 3. The normalized spacial score (nSPS) is 11.6. The van der Waals surface area contributed by atoms with E-state index < -0.39 is 23.0 Å². The molecule has 16 heavy (non-hydrogen) atoms. The Bertz CT molecular complexity index is 407. The molecule has 0 aliphatic rings. The highest BCUT2D eigenvalue weighted by Crippen LogP contribution is 2.27. The minimum atomic E-state index is -1.23. The molecule has 0 bridgehead atoms. The van der Waals surface area contributed by atoms with Crippen LogP contribution in [0.4, 0.5) is 8.78 Å². The van der Waals surface area contributed by atoms with Crippen molar-refractivity contribution in [2.24, 2.45) is 5.41 Å². The summed E-state index contributed by atoms with van der Waals surface area (Å²) in [6.45, 7) is 2.81. The molecule has 0 aliphatic heterocycles. The molecule has 0 amide bonds. The largest absolute Gasteiger partial charge is 0.481 e. The van der Waals surface area contributed by atoms with E-state index in [1.165, 1.54) is 13.8 Å². The van der Waals surface area contributed by atoms with Gasteiger partial charge in [-0.2, -0.15) is 0 Å². The second kappa shape index (κ2) is 4.37. The number of benzene rings is 1. The first-order chi connectivity index (χ1) is 7.24. The monoisotopic (exact) mass is 248 g/mol. The molecule has 0 saturated carbocycles. The van der Waals surface area contributed by atoms with Gasteiger partial charge in [0.15, 0.2) is 0 Å². The zero-order valence-electron chi connectivity index (χ0n) is 8.85. The van der Waals surface area contributed by atoms with E-state index in [2.05, 4.69) is 0 Å². The van der Waals surface area contributed by atoms with Gasteiger partial charge in [0.2, 0.25) is 0 Å². The molecule has 0 atom stereocenters. The maximum atomic E-state index is 13.4. The van der Waals surface area contributed by atoms with Crippen molar-refractivity contribution in [2.45, 2.75) is 20.3 Å². The van der Waals surface area contributed by atoms with Crippen molar-refractivity contribution in [3.05, 3.63) is 34.4 Å². The van der Waals surface area contributed by atoms with E-state index in [1.807, 2.05) is 0 Å². The van der Waals surface area contributed by atoms with Gasteiger partial charge in [0.25, 0.3) is 0 Å². The number of carboxylic acids is 1. The Hall–Kier alpha value is -1.16. The molecule has 2 nitrogen and oxygen atoms in total. The summed E-state index contributed by atoms with van der Waals surface area (Å²) in [6, 6.07) is 1.94. The van der Waals surface area contributed by atoms with Gasteiger partial charge in [-0.3, -0.25) is 4.79 Å². The van der Waals surface area contributed by atoms with Crippen LogP contribution in [0.15, 0.2) is 12.1 Å². The van der Waals surface area contributed by atoms with Crippen LogP contribution in [0.3, 0.4) is 0 Å². The highest BCUT2D eigenvalue weighted by molar-refractivity contribution is 6.30. The van der Waals surface area contributed by atoms with Crippen LogP contribution in [-0.2, 0) is 11.2 Å². The third-order valence-corrected chi connectivity index (χ3v) is 2.52. The molecule has 0 radical (unpaired) electrons. The minimum absolute atomic E-state index is 0.0492. The molecule has 0 fully saturated rings. The lowest BCUT2D eigenvalue weighted by Crippen LogP contribution is -2.27. The Morgan fingerprint density at radius 2 is 1.81 bits per heavy atom. The van der Waals surface area contributed by atoms with Gasteiger partial charge in [0.05, 0.1) is 5.41 Å². The van der Waals surface area contributed by atoms with Crippen LogP contribution in [0.2, 0.25) is 5.02 Å². The number of carboxylic acid groups (broad SMARTS) is 1. The zero-order chi connectivity index (χ0) is 12.5. The van der Waals surface area contributed by atoms with Crippen molar-refractivity contribution in [2.75, 3.05) is 0 Å². The molecule has 0 unspecified atom stereocenters. The summed E-state index contributed by atoms with van der Waals surface area (Å²) in [5.74, 6) is -2.75. The molecule has 0 aliphatic carbocycles. The highest BCUT2D eigenvalue weighted by atomic mass is 35.5. The summed E-state index contributed by atoms with van der Waals surface area (Å²) >= 11 is 5.46. The Morgan fingerprint density at radius 3 is 2.19 bits per heavy atom. The number of carbonyl (C=O) groups is 1. The van der Waals surface area contributed by atoms with Gasteiger partial charge in [-0.25, -0.2) is 8.78 Å². The van der Waals surface area contributed by atoms with Crippen molar-refractivity contribution in [3.63, 3.8) is 0 Å². The summed E-state index contributed by atoms with van der Waals surface area (Å²) in [6.07, 6.45) is -0.225. The summed E-state index contributed by atoms with van der Waals surface area (Å²) < 4.78 is 26.8. The average molecular weight is 249 g/mol. The zero-order valence-corrected chi connectivity index (χ0v) is 9.61. The Balaban J connectivity index is 3.11. The average Bonchev–Trinajstić information content (AvgIpc) is 2.11. The lowest BCUT2D eigenvalue weighted by molar-refractivity contribution is -0.146. The molecule has 5 heteroatoms. The Morgan fingerprint density at radius 1 is 1.38 bits per heavy atom. The fourth-order valence-electron chi connectivity index (χ4n) is 1.26. The van der Waals surface area contributed by atoms with Crippen molar-refractivity contribution in [1.29, 1.82) is 0 Å². The van der Waals surface area contributed by atoms with Crippen LogP contribution in [0.25, 0.3) is 0 Å². The fraction of sp³-hybridized carbons (Fsp3) is 0.364. The third-order valence-electron chi connectivity index (χ3n) is 2.30. The maximum Gasteiger partial charge on any atom is 0.309 e. The molecular weight excluding hydrogens is 238 g/mol. The maximum absolute atomic E-state index is 13.4. The molecule has 0 heterocycles. The van der Waals surface area contributed by atoms with Gasteiger partial charge >= 0.3 is 5.97 Å². The first-order valence-corrected chi connectivity index (χ1v) is 4.98. The lowest BCUT2D eigenvalue weighted by atomic mass is 9.85. The van der Waals surface area contributed by atoms with Crippen LogP contribution in [0.1, 0.15) is 19.4 Å². The summed E-state index contributed by atoms with van der Waals surface area (Å²) in [4.78, 5) is 10.8. The van der Waals surface area contributed by atoms with Crippen LogP contribution in [0.5, 0.6) is 0 Å². The highest BCUT2D eigenvalue weighted by Gasteiger charge is 2.30. The third kappa shape index (κ3) is 2.70. The van der Waals surface area contributed by atoms with Gasteiger partial charge in [-0.1, -0.05) is 11.6 Å². The molecule has 1 rings (SSSR count). The van der Waals surface area contributed by atoms with E-state index in [1.54, 1.807) is 0 Å². The van der Waals surface area contributed by atoms with Crippen molar-refractivity contribution >= 4 is 17.6 Å². The van der Waals surface area contributed by atoms with Crippen molar-refractivity contribution < 1.29 is 18.7 Å². The molecule has 0 aromatic heterocycles. The predicted molar refractivity (Wildman–Crippen MR) is 56.5 cm³/mol. The molecule has 0 spiro atoms. The smallest absolute Gasteiger partial charge is 0.309 e. The molecule has 1 N–H and O–H groups in total. The Labute approximate surface area is 96.8 Å². The molecule has 1 aromatic rings. The number of hydrogen-bond donors (Lipinski definition) is 1. The van der Waals surface area contributed by atoms with Crippen LogP contribution in [0, 0.1) is 17.0 Å². The fourth-order valence-corrected chi connectivity index (χ4v) is 1.45. The van der Waals surface area contributed by atoms with Crippen molar-refractivity contribution in [1.82, 2.24) is 0 Å². The van der Waals surface area contributed by atoms with Crippen LogP contribution in [-0.4, -0.2) is 11.1 Å². The standard InChI is InChI=1S/C11H11ClF2O2/c1-11(2,10(15)16)5-7-8(13)3-6(12)4-9(7)14/h3-4H,5H2,1-2H3,(H,15,16). The van der Waals surface area contributed by atoms with Gasteiger partial charge in [-0.05, 0) is 32.4 Å². The second-order valence-corrected chi connectivity index (χ2v) is 4.65. The molecule has 88 valence electrons. The van der Waals surface area contributed by atoms with Gasteiger partial charge in [0, 0.05) is 10.6 Å². The van der Waals surface area contributed by atoms with E-state index in [0.717, 1.165) is 12.1 Å². The van der Waals surface area contributed by atoms with E-state index >= 15 is 0 Å². The van der Waals surface area contributed by atoms with E-state index in [9.17, 15) is 13.6 Å². The predicted octanol–water partition coefficient (Wildman–Crippen LogP) is 3.27. The van der Waals surface area contributed by atoms with Crippen LogP contribution >= 0.6 is 11.6 Å². The lowest BCUT2D eigenvalue weighted by Gasteiger charge is -2.19. The second-order valence-electron chi connectivity index (χ2n) is 4.21. The minimum Gasteiger partial charge on any atom is -0.481 e. The number of hydrogen-bond acceptors (Lipinski definition) is 1. The molecular formula is C11H11ClF2O2. The topological polar surface area (TPSA) is 37.3 Å². The summed E-state index contributed by atoms with van der Waals surface area (Å²) in [5.41, 5.74) is -1.48. The SMILES string of the molecule is CC(C)(Cc1c(F)cc(Cl)cc1F)C(=O)O. The summed E-state index contributed by atoms with van der Waals surface area (Å²) in [7, 11) is 0. The first-order valence-electron chi connectivity index (χ1n) is 4.61. The number of rotatable bonds is 3. The van der Waals surface area contributed by atoms with E-state index in [4.69, 9.17) is 16.7 Å². The summed E-state index contributed by atoms with van der Waals surface area (Å²) in [5, 5.41) is 8.82. The van der Waals surface area contributed by atoms with Crippen LogP contribution < -0.4 is 0 Å².